The molecule has 0 fully saturated rings. The smallest absolute Gasteiger partial charge is 0.191 e. The van der Waals surface area contributed by atoms with E-state index in [4.69, 9.17) is 0 Å². The second-order valence-electron chi connectivity index (χ2n) is 6.34. The van der Waals surface area contributed by atoms with Crippen LogP contribution < -0.4 is 16.0 Å². The molecule has 3 N–H and O–H groups in total. The molecular weight excluding hydrogens is 419 g/mol. The number of aryl methyl sites for hydroxylation is 1. The molecule has 1 aromatic rings. The third kappa shape index (κ3) is 9.42. The minimum Gasteiger partial charge on any atom is -0.355 e. The number of nitrogens with one attached hydrogen (secondary N) is 3. The van der Waals surface area contributed by atoms with Crippen molar-refractivity contribution in [1.29, 1.82) is 0 Å². The maximum absolute atomic E-state index is 4.27. The summed E-state index contributed by atoms with van der Waals surface area (Å²) in [5.41, 5.74) is 2.74. The van der Waals surface area contributed by atoms with E-state index in [-0.39, 0.29) is 29.5 Å². The molecule has 0 bridgehead atoms. The van der Waals surface area contributed by atoms with Crippen LogP contribution in [0.25, 0.3) is 0 Å². The number of guanidine groups is 1. The number of benzene rings is 1. The van der Waals surface area contributed by atoms with Gasteiger partial charge in [0.2, 0.25) is 0 Å². The maximum Gasteiger partial charge on any atom is 0.191 e. The minimum atomic E-state index is 0. The van der Waals surface area contributed by atoms with Crippen molar-refractivity contribution in [1.82, 2.24) is 16.0 Å². The standard InChI is InChI=1S/C17H30N4S.HI/c1-13-7-8-14(15(11-13)22-6)12-20-16(18-5)19-9-10-21-17(2,3)4;/h7-8,11,21H,9-10,12H2,1-6H3,(H2,18,19,20);1H. The van der Waals surface area contributed by atoms with Crippen molar-refractivity contribution in [2.75, 3.05) is 26.4 Å². The molecule has 1 rings (SSSR count). The van der Waals surface area contributed by atoms with Gasteiger partial charge in [-0.05, 0) is 51.1 Å². The number of rotatable bonds is 6. The van der Waals surface area contributed by atoms with Crippen LogP contribution in [0, 0.1) is 6.92 Å². The van der Waals surface area contributed by atoms with Crippen LogP contribution in [0.5, 0.6) is 0 Å². The van der Waals surface area contributed by atoms with Gasteiger partial charge in [-0.1, -0.05) is 12.1 Å². The van der Waals surface area contributed by atoms with Crippen LogP contribution in [0.4, 0.5) is 0 Å². The average molecular weight is 450 g/mol. The van der Waals surface area contributed by atoms with Crippen LogP contribution >= 0.6 is 35.7 Å². The molecule has 0 aliphatic heterocycles. The van der Waals surface area contributed by atoms with Gasteiger partial charge in [0.25, 0.3) is 0 Å². The van der Waals surface area contributed by atoms with Gasteiger partial charge >= 0.3 is 0 Å². The van der Waals surface area contributed by atoms with Gasteiger partial charge in [0.05, 0.1) is 0 Å². The summed E-state index contributed by atoms with van der Waals surface area (Å²) in [5, 5.41) is 10.2. The zero-order valence-electron chi connectivity index (χ0n) is 15.1. The van der Waals surface area contributed by atoms with E-state index in [2.05, 4.69) is 73.1 Å². The number of nitrogens with zero attached hydrogens (tertiary/aromatic N) is 1. The lowest BCUT2D eigenvalue weighted by Gasteiger charge is -2.21. The normalized spacial score (nSPS) is 11.8. The summed E-state index contributed by atoms with van der Waals surface area (Å²) in [6, 6.07) is 6.56. The van der Waals surface area contributed by atoms with E-state index in [1.54, 1.807) is 18.8 Å². The van der Waals surface area contributed by atoms with Gasteiger partial charge in [-0.2, -0.15) is 0 Å². The predicted octanol–water partition coefficient (Wildman–Crippen LogP) is 3.39. The molecule has 0 unspecified atom stereocenters. The zero-order chi connectivity index (χ0) is 16.6. The van der Waals surface area contributed by atoms with E-state index in [0.29, 0.717) is 0 Å². The molecule has 0 aliphatic carbocycles. The first-order chi connectivity index (χ1) is 10.4. The molecule has 0 radical (unpaired) electrons. The molecule has 0 aliphatic rings. The quantitative estimate of drug-likeness (QED) is 0.205. The van der Waals surface area contributed by atoms with Crippen molar-refractivity contribution in [2.24, 2.45) is 4.99 Å². The summed E-state index contributed by atoms with van der Waals surface area (Å²) >= 11 is 1.78. The highest BCUT2D eigenvalue weighted by Gasteiger charge is 2.08. The van der Waals surface area contributed by atoms with Gasteiger partial charge in [0, 0.05) is 37.1 Å². The Morgan fingerprint density at radius 1 is 1.17 bits per heavy atom. The van der Waals surface area contributed by atoms with E-state index in [9.17, 15) is 0 Å². The van der Waals surface area contributed by atoms with Crippen LogP contribution in [-0.2, 0) is 6.54 Å². The fourth-order valence-corrected chi connectivity index (χ4v) is 2.72. The van der Waals surface area contributed by atoms with Crippen molar-refractivity contribution in [3.8, 4) is 0 Å². The Kier molecular flexibility index (Phi) is 10.9. The van der Waals surface area contributed by atoms with E-state index in [1.807, 2.05) is 0 Å². The molecule has 23 heavy (non-hydrogen) atoms. The molecule has 4 nitrogen and oxygen atoms in total. The van der Waals surface area contributed by atoms with Crippen molar-refractivity contribution >= 4 is 41.7 Å². The number of aliphatic imine (C=N–C) groups is 1. The molecule has 6 heteroatoms. The molecular formula is C17H31IN4S. The summed E-state index contributed by atoms with van der Waals surface area (Å²) in [7, 11) is 1.80. The van der Waals surface area contributed by atoms with Gasteiger partial charge in [0.1, 0.15) is 0 Å². The Bertz CT molecular complexity index is 498. The molecule has 0 atom stereocenters. The van der Waals surface area contributed by atoms with Crippen molar-refractivity contribution in [3.05, 3.63) is 29.3 Å². The van der Waals surface area contributed by atoms with Crippen LogP contribution in [-0.4, -0.2) is 37.9 Å². The van der Waals surface area contributed by atoms with Crippen LogP contribution in [0.2, 0.25) is 0 Å². The lowest BCUT2D eigenvalue weighted by atomic mass is 10.1. The van der Waals surface area contributed by atoms with Crippen LogP contribution in [0.3, 0.4) is 0 Å². The van der Waals surface area contributed by atoms with E-state index in [1.165, 1.54) is 16.0 Å². The monoisotopic (exact) mass is 450 g/mol. The van der Waals surface area contributed by atoms with Crippen molar-refractivity contribution in [2.45, 2.75) is 44.7 Å². The van der Waals surface area contributed by atoms with Gasteiger partial charge in [-0.25, -0.2) is 0 Å². The van der Waals surface area contributed by atoms with Gasteiger partial charge in [0.15, 0.2) is 5.96 Å². The zero-order valence-corrected chi connectivity index (χ0v) is 18.3. The molecule has 0 saturated heterocycles. The van der Waals surface area contributed by atoms with E-state index < -0.39 is 0 Å². The Morgan fingerprint density at radius 2 is 1.87 bits per heavy atom. The SMILES string of the molecule is CN=C(NCCNC(C)(C)C)NCc1ccc(C)cc1SC.I. The summed E-state index contributed by atoms with van der Waals surface area (Å²) in [6.07, 6.45) is 2.11. The maximum atomic E-state index is 4.27. The highest BCUT2D eigenvalue weighted by atomic mass is 127. The third-order valence-corrected chi connectivity index (χ3v) is 4.01. The lowest BCUT2D eigenvalue weighted by Crippen LogP contribution is -2.44. The summed E-state index contributed by atoms with van der Waals surface area (Å²) < 4.78 is 0. The highest BCUT2D eigenvalue weighted by molar-refractivity contribution is 14.0. The Morgan fingerprint density at radius 3 is 2.43 bits per heavy atom. The summed E-state index contributed by atoms with van der Waals surface area (Å²) in [4.78, 5) is 5.59. The number of halogens is 1. The van der Waals surface area contributed by atoms with Gasteiger partial charge in [-0.3, -0.25) is 4.99 Å². The average Bonchev–Trinajstić information content (AvgIpc) is 2.46. The fraction of sp³-hybridized carbons (Fsp3) is 0.588. The van der Waals surface area contributed by atoms with Crippen molar-refractivity contribution in [3.63, 3.8) is 0 Å². The first kappa shape index (κ1) is 22.5. The number of thioether (sulfide) groups is 1. The molecule has 0 saturated carbocycles. The largest absolute Gasteiger partial charge is 0.355 e. The Balaban J connectivity index is 0.00000484. The second-order valence-corrected chi connectivity index (χ2v) is 7.19. The van der Waals surface area contributed by atoms with E-state index >= 15 is 0 Å². The van der Waals surface area contributed by atoms with E-state index in [0.717, 1.165) is 25.6 Å². The van der Waals surface area contributed by atoms with Gasteiger partial charge in [-0.15, -0.1) is 35.7 Å². The Hall–Kier alpha value is -0.470. The topological polar surface area (TPSA) is 48.5 Å². The minimum absolute atomic E-state index is 0. The third-order valence-electron chi connectivity index (χ3n) is 3.19. The molecule has 1 aromatic carbocycles. The number of hydrogen-bond acceptors (Lipinski definition) is 3. The predicted molar refractivity (Wildman–Crippen MR) is 114 cm³/mol. The van der Waals surface area contributed by atoms with Crippen molar-refractivity contribution < 1.29 is 0 Å². The molecule has 0 amide bonds. The fourth-order valence-electron chi connectivity index (χ4n) is 2.02. The second kappa shape index (κ2) is 11.1. The van der Waals surface area contributed by atoms with Crippen LogP contribution in [0.1, 0.15) is 31.9 Å². The molecule has 0 aromatic heterocycles. The first-order valence-electron chi connectivity index (χ1n) is 7.69. The molecule has 0 heterocycles. The Labute approximate surface area is 162 Å². The molecule has 132 valence electrons. The van der Waals surface area contributed by atoms with Crippen LogP contribution in [0.15, 0.2) is 28.1 Å². The first-order valence-corrected chi connectivity index (χ1v) is 8.91. The molecule has 0 spiro atoms. The van der Waals surface area contributed by atoms with Gasteiger partial charge < -0.3 is 16.0 Å². The number of hydrogen-bond donors (Lipinski definition) is 3. The summed E-state index contributed by atoms with van der Waals surface area (Å²) in [5.74, 6) is 0.836. The highest BCUT2D eigenvalue weighted by Crippen LogP contribution is 2.21. The lowest BCUT2D eigenvalue weighted by molar-refractivity contribution is 0.428. The summed E-state index contributed by atoms with van der Waals surface area (Å²) in [6.45, 7) is 11.2.